The van der Waals surface area contributed by atoms with Crippen molar-refractivity contribution in [3.63, 3.8) is 0 Å². The Balaban J connectivity index is 1.70. The van der Waals surface area contributed by atoms with Gasteiger partial charge in [0.1, 0.15) is 12.1 Å². The lowest BCUT2D eigenvalue weighted by atomic mass is 9.89. The third-order valence-corrected chi connectivity index (χ3v) is 9.02. The van der Waals surface area contributed by atoms with Crippen LogP contribution in [0.25, 0.3) is 0 Å². The van der Waals surface area contributed by atoms with Gasteiger partial charge in [0.05, 0.1) is 6.61 Å². The third-order valence-electron chi connectivity index (χ3n) is 7.37. The van der Waals surface area contributed by atoms with Gasteiger partial charge < -0.3 is 26.0 Å². The van der Waals surface area contributed by atoms with E-state index in [0.717, 1.165) is 25.7 Å². The lowest BCUT2D eigenvalue weighted by Crippen LogP contribution is -2.60. The number of hydrogen-bond acceptors (Lipinski definition) is 6. The normalized spacial score (nSPS) is 24.9. The molecule has 2 aliphatic carbocycles. The molecule has 0 aromatic rings. The van der Waals surface area contributed by atoms with Crippen LogP contribution in [0, 0.1) is 5.92 Å². The zero-order chi connectivity index (χ0) is 24.7. The van der Waals surface area contributed by atoms with Crippen LogP contribution in [0.5, 0.6) is 0 Å². The topological polar surface area (TPSA) is 114 Å². The first-order valence-electron chi connectivity index (χ1n) is 13.2. The summed E-state index contributed by atoms with van der Waals surface area (Å²) in [4.78, 5) is 41.1. The van der Waals surface area contributed by atoms with Gasteiger partial charge in [-0.1, -0.05) is 32.6 Å². The summed E-state index contributed by atoms with van der Waals surface area (Å²) in [6, 6.07) is -1.67. The highest BCUT2D eigenvalue weighted by atomic mass is 32.2. The van der Waals surface area contributed by atoms with E-state index < -0.39 is 22.9 Å². The van der Waals surface area contributed by atoms with Gasteiger partial charge >= 0.3 is 6.09 Å². The van der Waals surface area contributed by atoms with Crippen molar-refractivity contribution in [2.45, 2.75) is 113 Å². The Labute approximate surface area is 208 Å². The number of carbonyl (C=O) groups is 3. The number of carbonyl (C=O) groups excluding carboxylic acids is 3. The lowest BCUT2D eigenvalue weighted by Gasteiger charge is -2.40. The fourth-order valence-corrected chi connectivity index (χ4v) is 6.88. The van der Waals surface area contributed by atoms with Crippen LogP contribution in [0.15, 0.2) is 0 Å². The van der Waals surface area contributed by atoms with Crippen LogP contribution >= 0.6 is 11.8 Å². The van der Waals surface area contributed by atoms with Gasteiger partial charge in [0.25, 0.3) is 0 Å². The van der Waals surface area contributed by atoms with Crippen LogP contribution in [0.1, 0.15) is 85.0 Å². The number of ether oxygens (including phenoxy) is 1. The van der Waals surface area contributed by atoms with E-state index in [1.165, 1.54) is 25.7 Å². The van der Waals surface area contributed by atoms with E-state index >= 15 is 0 Å². The average Bonchev–Trinajstić information content (AvgIpc) is 3.19. The highest BCUT2D eigenvalue weighted by molar-refractivity contribution is 8.01. The van der Waals surface area contributed by atoms with Crippen LogP contribution < -0.4 is 16.4 Å². The molecule has 0 spiro atoms. The van der Waals surface area contributed by atoms with Gasteiger partial charge in [0, 0.05) is 29.1 Å². The van der Waals surface area contributed by atoms with E-state index in [2.05, 4.69) is 10.6 Å². The summed E-state index contributed by atoms with van der Waals surface area (Å²) in [5.41, 5.74) is 6.23. The van der Waals surface area contributed by atoms with Crippen molar-refractivity contribution in [1.82, 2.24) is 15.5 Å². The molecule has 3 amide bonds. The lowest BCUT2D eigenvalue weighted by molar-refractivity contribution is -0.140. The molecule has 0 aromatic heterocycles. The number of thioether (sulfide) groups is 1. The average molecular weight is 497 g/mol. The molecule has 0 bridgehead atoms. The number of nitrogens with two attached hydrogens (primary N) is 1. The van der Waals surface area contributed by atoms with E-state index in [4.69, 9.17) is 10.5 Å². The smallest absolute Gasteiger partial charge is 0.407 e. The molecule has 4 N–H and O–H groups in total. The molecule has 0 aromatic carbocycles. The van der Waals surface area contributed by atoms with Crippen LogP contribution in [0.2, 0.25) is 0 Å². The summed E-state index contributed by atoms with van der Waals surface area (Å²) in [6.45, 7) is 7.17. The van der Waals surface area contributed by atoms with Crippen molar-refractivity contribution in [3.05, 3.63) is 0 Å². The first-order chi connectivity index (χ1) is 16.2. The predicted molar refractivity (Wildman–Crippen MR) is 136 cm³/mol. The van der Waals surface area contributed by atoms with E-state index in [1.807, 2.05) is 20.8 Å². The molecule has 1 heterocycles. The summed E-state index contributed by atoms with van der Waals surface area (Å²) < 4.78 is 4.69. The van der Waals surface area contributed by atoms with Crippen LogP contribution in [-0.2, 0) is 14.3 Å². The fraction of sp³-hybridized carbons (Fsp3) is 0.880. The fourth-order valence-electron chi connectivity index (χ4n) is 5.15. The Morgan fingerprint density at radius 1 is 1.12 bits per heavy atom. The van der Waals surface area contributed by atoms with E-state index in [1.54, 1.807) is 16.7 Å². The van der Waals surface area contributed by atoms with Gasteiger partial charge in [-0.2, -0.15) is 0 Å². The van der Waals surface area contributed by atoms with E-state index in [9.17, 15) is 14.4 Å². The summed E-state index contributed by atoms with van der Waals surface area (Å²) >= 11 is 1.74. The molecular weight excluding hydrogens is 452 g/mol. The number of rotatable bonds is 10. The SMILES string of the molecule is CCCOC(=O)N[C@@H](C(=O)N1C[C@H](N)C[C@H]1C(=O)NCC1CCCCC1)C(C)(C)SC1CCC1. The Hall–Kier alpha value is -1.48. The maximum absolute atomic E-state index is 13.9. The number of hydrogen-bond donors (Lipinski definition) is 3. The maximum atomic E-state index is 13.9. The Morgan fingerprint density at radius 3 is 2.44 bits per heavy atom. The molecule has 9 heteroatoms. The van der Waals surface area contributed by atoms with Crippen LogP contribution in [0.4, 0.5) is 4.79 Å². The van der Waals surface area contributed by atoms with Gasteiger partial charge in [-0.05, 0) is 58.3 Å². The minimum Gasteiger partial charge on any atom is -0.450 e. The van der Waals surface area contributed by atoms with Crippen molar-refractivity contribution >= 4 is 29.7 Å². The highest BCUT2D eigenvalue weighted by Crippen LogP contribution is 2.41. The van der Waals surface area contributed by atoms with Crippen molar-refractivity contribution in [3.8, 4) is 0 Å². The monoisotopic (exact) mass is 496 g/mol. The summed E-state index contributed by atoms with van der Waals surface area (Å²) in [5.74, 6) is 0.122. The zero-order valence-electron chi connectivity index (χ0n) is 21.1. The highest BCUT2D eigenvalue weighted by Gasteiger charge is 2.47. The second-order valence-electron chi connectivity index (χ2n) is 10.7. The molecule has 0 radical (unpaired) electrons. The molecule has 3 aliphatic rings. The van der Waals surface area contributed by atoms with Crippen LogP contribution in [0.3, 0.4) is 0 Å². The molecular formula is C25H44N4O4S. The second-order valence-corrected chi connectivity index (χ2v) is 12.7. The molecule has 8 nitrogen and oxygen atoms in total. The molecule has 3 fully saturated rings. The molecule has 1 aliphatic heterocycles. The number of nitrogens with one attached hydrogen (secondary N) is 2. The molecule has 1 saturated heterocycles. The first-order valence-corrected chi connectivity index (χ1v) is 14.0. The Kier molecular flexibility index (Phi) is 9.95. The van der Waals surface area contributed by atoms with E-state index in [-0.39, 0.29) is 17.9 Å². The van der Waals surface area contributed by atoms with Crippen molar-refractivity contribution in [1.29, 1.82) is 0 Å². The molecule has 34 heavy (non-hydrogen) atoms. The molecule has 2 saturated carbocycles. The summed E-state index contributed by atoms with van der Waals surface area (Å²) in [6.07, 6.45) is 9.98. The van der Waals surface area contributed by atoms with Gasteiger partial charge in [-0.25, -0.2) is 4.79 Å². The number of alkyl carbamates (subject to hydrolysis) is 1. The molecule has 3 rings (SSSR count). The molecule has 3 atom stereocenters. The standard InChI is InChI=1S/C25H44N4O4S/c1-4-13-33-24(32)28-21(25(2,3)34-19-11-8-12-19)23(31)29-16-18(26)14-20(29)22(30)27-15-17-9-6-5-7-10-17/h17-21H,4-16,26H2,1-3H3,(H,27,30)(H,28,32)/t18-,20+,21+/m1/s1. The second kappa shape index (κ2) is 12.5. The summed E-state index contributed by atoms with van der Waals surface area (Å²) in [7, 11) is 0. The predicted octanol–water partition coefficient (Wildman–Crippen LogP) is 3.18. The Morgan fingerprint density at radius 2 is 1.82 bits per heavy atom. The minimum atomic E-state index is -0.804. The largest absolute Gasteiger partial charge is 0.450 e. The Bertz CT molecular complexity index is 709. The van der Waals surface area contributed by atoms with E-state index in [0.29, 0.717) is 43.7 Å². The van der Waals surface area contributed by atoms with Crippen LogP contribution in [-0.4, -0.2) is 70.6 Å². The number of amides is 3. The third kappa shape index (κ3) is 7.26. The van der Waals surface area contributed by atoms with Gasteiger partial charge in [0.2, 0.25) is 11.8 Å². The summed E-state index contributed by atoms with van der Waals surface area (Å²) in [5, 5.41) is 6.41. The molecule has 194 valence electrons. The molecule has 0 unspecified atom stereocenters. The van der Waals surface area contributed by atoms with Crippen molar-refractivity contribution in [2.75, 3.05) is 19.7 Å². The number of likely N-dealkylation sites (tertiary alicyclic amines) is 1. The van der Waals surface area contributed by atoms with Gasteiger partial charge in [-0.3, -0.25) is 9.59 Å². The number of nitrogens with zero attached hydrogens (tertiary/aromatic N) is 1. The zero-order valence-corrected chi connectivity index (χ0v) is 22.0. The van der Waals surface area contributed by atoms with Crippen molar-refractivity contribution < 1.29 is 19.1 Å². The van der Waals surface area contributed by atoms with Gasteiger partial charge in [-0.15, -0.1) is 11.8 Å². The van der Waals surface area contributed by atoms with Gasteiger partial charge in [0.15, 0.2) is 0 Å². The quantitative estimate of drug-likeness (QED) is 0.428. The first kappa shape index (κ1) is 27.1. The maximum Gasteiger partial charge on any atom is 0.407 e. The van der Waals surface area contributed by atoms with Crippen molar-refractivity contribution in [2.24, 2.45) is 11.7 Å². The minimum absolute atomic E-state index is 0.136.